The molecule has 1 aliphatic rings. The smallest absolute Gasteiger partial charge is 0.313 e. The topological polar surface area (TPSA) is 26.3 Å². The van der Waals surface area contributed by atoms with Gasteiger partial charge in [0.2, 0.25) is 0 Å². The van der Waals surface area contributed by atoms with Crippen molar-refractivity contribution in [2.75, 3.05) is 0 Å². The Labute approximate surface area is 56.8 Å². The molecule has 0 aliphatic carbocycles. The van der Waals surface area contributed by atoms with Gasteiger partial charge in [-0.15, -0.1) is 0 Å². The average molecular weight is 144 g/mol. The molecule has 3 heteroatoms. The molecule has 0 bridgehead atoms. The summed E-state index contributed by atoms with van der Waals surface area (Å²) in [5, 5.41) is 3.77. The highest BCUT2D eigenvalue weighted by Crippen LogP contribution is 2.33. The van der Waals surface area contributed by atoms with Crippen molar-refractivity contribution in [1.82, 2.24) is 0 Å². The third-order valence-electron chi connectivity index (χ3n) is 0.811. The summed E-state index contributed by atoms with van der Waals surface area (Å²) in [4.78, 5) is 10.3. The van der Waals surface area contributed by atoms with Gasteiger partial charge in [0, 0.05) is 6.92 Å². The van der Waals surface area contributed by atoms with Crippen molar-refractivity contribution in [1.29, 1.82) is 0 Å². The minimum atomic E-state index is -0.695. The van der Waals surface area contributed by atoms with Gasteiger partial charge in [-0.05, 0) is 10.8 Å². The molecular weight excluding hydrogens is 136 g/mol. The summed E-state index contributed by atoms with van der Waals surface area (Å²) in [7, 11) is 0. The van der Waals surface area contributed by atoms with Gasteiger partial charge in [0.05, 0.1) is 0 Å². The monoisotopic (exact) mass is 144 g/mol. The Balaban J connectivity index is 2.37. The highest BCUT2D eigenvalue weighted by Gasteiger charge is 2.00. The van der Waals surface area contributed by atoms with Crippen LogP contribution >= 0.6 is 11.2 Å². The maximum atomic E-state index is 10.3. The van der Waals surface area contributed by atoms with Gasteiger partial charge >= 0.3 is 5.97 Å². The van der Waals surface area contributed by atoms with Crippen LogP contribution in [0.25, 0.3) is 0 Å². The second kappa shape index (κ2) is 2.73. The highest BCUT2D eigenvalue weighted by atomic mass is 32.2. The predicted molar refractivity (Wildman–Crippen MR) is 39.0 cm³/mol. The summed E-state index contributed by atoms with van der Waals surface area (Å²) in [5.41, 5.74) is 0. The van der Waals surface area contributed by atoms with Crippen LogP contribution < -0.4 is 0 Å². The van der Waals surface area contributed by atoms with Crippen LogP contribution in [0.3, 0.4) is 0 Å². The summed E-state index contributed by atoms with van der Waals surface area (Å²) < 4.78 is 4.86. The number of thiol groups is 1. The zero-order chi connectivity index (χ0) is 6.69. The number of hydrogen-bond acceptors (Lipinski definition) is 2. The average Bonchev–Trinajstić information content (AvgIpc) is 2.15. The molecule has 0 aromatic rings. The molecule has 0 atom stereocenters. The number of carbonyl (C=O) groups is 1. The van der Waals surface area contributed by atoms with E-state index in [-0.39, 0.29) is 5.97 Å². The molecule has 0 fully saturated rings. The van der Waals surface area contributed by atoms with E-state index in [1.165, 1.54) is 6.92 Å². The Hall–Kier alpha value is -0.700. The first-order valence-corrected chi connectivity index (χ1v) is 4.01. The van der Waals surface area contributed by atoms with E-state index >= 15 is 0 Å². The molecule has 0 N–H and O–H groups in total. The lowest BCUT2D eigenvalue weighted by Gasteiger charge is -2.07. The molecule has 0 aromatic heterocycles. The first-order valence-electron chi connectivity index (χ1n) is 2.61. The lowest BCUT2D eigenvalue weighted by atomic mass is 10.6. The molecule has 0 saturated carbocycles. The maximum Gasteiger partial charge on any atom is 0.313 e. The van der Waals surface area contributed by atoms with Crippen molar-refractivity contribution in [2.45, 2.75) is 6.92 Å². The Morgan fingerprint density at radius 2 is 2.00 bits per heavy atom. The van der Waals surface area contributed by atoms with Crippen molar-refractivity contribution in [3.8, 4) is 0 Å². The van der Waals surface area contributed by atoms with Crippen LogP contribution in [0, 0.1) is 0 Å². The largest absolute Gasteiger partial charge is 0.411 e. The number of carbonyl (C=O) groups excluding carboxylic acids is 1. The van der Waals surface area contributed by atoms with Crippen LogP contribution in [0.4, 0.5) is 0 Å². The first kappa shape index (κ1) is 6.42. The molecule has 1 rings (SSSR count). The number of rotatable bonds is 1. The Kier molecular flexibility index (Phi) is 1.95. The summed E-state index contributed by atoms with van der Waals surface area (Å²) in [5.74, 6) is -0.211. The molecule has 0 saturated heterocycles. The van der Waals surface area contributed by atoms with Crippen LogP contribution in [0.5, 0.6) is 0 Å². The van der Waals surface area contributed by atoms with Crippen molar-refractivity contribution in [2.24, 2.45) is 0 Å². The van der Waals surface area contributed by atoms with E-state index < -0.39 is 11.2 Å². The van der Waals surface area contributed by atoms with Gasteiger partial charge in [-0.3, -0.25) is 4.79 Å². The van der Waals surface area contributed by atoms with Crippen LogP contribution in [-0.2, 0) is 8.98 Å². The Morgan fingerprint density at radius 3 is 2.44 bits per heavy atom. The molecular formula is C6H8O2S. The fourth-order valence-electron chi connectivity index (χ4n) is 0.528. The molecule has 50 valence electrons. The minimum Gasteiger partial charge on any atom is -0.411 e. The molecule has 0 aromatic carbocycles. The van der Waals surface area contributed by atoms with E-state index in [9.17, 15) is 4.79 Å². The molecule has 0 amide bonds. The summed E-state index contributed by atoms with van der Waals surface area (Å²) >= 11 is -0.695. The number of hydrogen-bond donors (Lipinski definition) is 1. The van der Waals surface area contributed by atoms with E-state index in [1.54, 1.807) is 0 Å². The first-order chi connectivity index (χ1) is 4.29. The van der Waals surface area contributed by atoms with E-state index in [2.05, 4.69) is 0 Å². The van der Waals surface area contributed by atoms with E-state index in [0.717, 1.165) is 0 Å². The SMILES string of the molecule is CC(=O)O[SH]1C=CC=C1. The Morgan fingerprint density at radius 1 is 1.44 bits per heavy atom. The normalized spacial score (nSPS) is 18.6. The minimum absolute atomic E-state index is 0.211. The summed E-state index contributed by atoms with van der Waals surface area (Å²) in [6, 6.07) is 0. The van der Waals surface area contributed by atoms with Gasteiger partial charge in [0.1, 0.15) is 0 Å². The predicted octanol–water partition coefficient (Wildman–Crippen LogP) is 1.51. The quantitative estimate of drug-likeness (QED) is 0.564. The van der Waals surface area contributed by atoms with E-state index in [1.807, 2.05) is 23.0 Å². The molecule has 1 heterocycles. The lowest BCUT2D eigenvalue weighted by molar-refractivity contribution is -0.130. The maximum absolute atomic E-state index is 10.3. The molecule has 0 spiro atoms. The van der Waals surface area contributed by atoms with Gasteiger partial charge < -0.3 is 4.18 Å². The zero-order valence-electron chi connectivity index (χ0n) is 5.07. The van der Waals surface area contributed by atoms with Gasteiger partial charge in [0.15, 0.2) is 0 Å². The second-order valence-electron chi connectivity index (χ2n) is 1.63. The standard InChI is InChI=1S/C6H8O2S/c1-6(7)8-9-4-2-3-5-9/h2-5,9H,1H3. The highest BCUT2D eigenvalue weighted by molar-refractivity contribution is 8.18. The van der Waals surface area contributed by atoms with Crippen molar-refractivity contribution >= 4 is 17.1 Å². The van der Waals surface area contributed by atoms with Gasteiger partial charge in [-0.1, -0.05) is 23.3 Å². The fourth-order valence-corrected chi connectivity index (χ4v) is 1.58. The molecule has 0 unspecified atom stereocenters. The van der Waals surface area contributed by atoms with Crippen molar-refractivity contribution in [3.05, 3.63) is 23.0 Å². The molecule has 0 radical (unpaired) electrons. The molecule has 9 heavy (non-hydrogen) atoms. The lowest BCUT2D eigenvalue weighted by Crippen LogP contribution is -1.90. The van der Waals surface area contributed by atoms with Gasteiger partial charge in [0.25, 0.3) is 0 Å². The number of allylic oxidation sites excluding steroid dienone is 2. The molecule has 2 nitrogen and oxygen atoms in total. The van der Waals surface area contributed by atoms with Crippen LogP contribution in [-0.4, -0.2) is 5.97 Å². The summed E-state index contributed by atoms with van der Waals surface area (Å²) in [6.07, 6.45) is 3.77. The van der Waals surface area contributed by atoms with E-state index in [0.29, 0.717) is 0 Å². The summed E-state index contributed by atoms with van der Waals surface area (Å²) in [6.45, 7) is 1.42. The van der Waals surface area contributed by atoms with Crippen molar-refractivity contribution in [3.63, 3.8) is 0 Å². The van der Waals surface area contributed by atoms with Crippen molar-refractivity contribution < 1.29 is 8.98 Å². The Bertz CT molecular complexity index is 160. The van der Waals surface area contributed by atoms with Crippen LogP contribution in [0.15, 0.2) is 23.0 Å². The van der Waals surface area contributed by atoms with Gasteiger partial charge in [-0.2, -0.15) is 0 Å². The third-order valence-corrected chi connectivity index (χ3v) is 2.21. The fraction of sp³-hybridized carbons (Fsp3) is 0.167. The van der Waals surface area contributed by atoms with Crippen LogP contribution in [0.2, 0.25) is 0 Å². The van der Waals surface area contributed by atoms with E-state index in [4.69, 9.17) is 4.18 Å². The van der Waals surface area contributed by atoms with Crippen LogP contribution in [0.1, 0.15) is 6.92 Å². The second-order valence-corrected chi connectivity index (χ2v) is 3.12. The molecule has 1 aliphatic heterocycles. The zero-order valence-corrected chi connectivity index (χ0v) is 5.97. The third kappa shape index (κ3) is 1.93. The van der Waals surface area contributed by atoms with Gasteiger partial charge in [-0.25, -0.2) is 0 Å².